The van der Waals surface area contributed by atoms with Crippen molar-refractivity contribution in [2.24, 2.45) is 0 Å². The van der Waals surface area contributed by atoms with Crippen LogP contribution in [0.1, 0.15) is 0 Å². The third-order valence-electron chi connectivity index (χ3n) is 3.85. The summed E-state index contributed by atoms with van der Waals surface area (Å²) in [5.41, 5.74) is 5.78. The van der Waals surface area contributed by atoms with Crippen LogP contribution in [-0.4, -0.2) is 55.6 Å². The first-order valence-electron chi connectivity index (χ1n) is 8.83. The zero-order valence-electron chi connectivity index (χ0n) is 17.0. The summed E-state index contributed by atoms with van der Waals surface area (Å²) in [5, 5.41) is 5.17. The van der Waals surface area contributed by atoms with Crippen LogP contribution in [0.3, 0.4) is 0 Å². The van der Waals surface area contributed by atoms with Gasteiger partial charge in [-0.05, 0) is 36.4 Å². The van der Waals surface area contributed by atoms with Gasteiger partial charge >= 0.3 is 0 Å². The Balaban J connectivity index is 1.97. The van der Waals surface area contributed by atoms with Crippen molar-refractivity contribution in [1.29, 1.82) is 0 Å². The van der Waals surface area contributed by atoms with Crippen molar-refractivity contribution in [1.82, 2.24) is 15.0 Å². The molecule has 15 nitrogen and oxygen atoms in total. The molecule has 0 atom stereocenters. The first-order valence-corrected chi connectivity index (χ1v) is 13.6. The van der Waals surface area contributed by atoms with Gasteiger partial charge in [0.05, 0.1) is 22.5 Å². The molecule has 0 fully saturated rings. The molecule has 0 saturated carbocycles. The Morgan fingerprint density at radius 3 is 2.00 bits per heavy atom. The van der Waals surface area contributed by atoms with Crippen LogP contribution in [0, 0.1) is 0 Å². The van der Waals surface area contributed by atoms with Crippen molar-refractivity contribution in [3.8, 4) is 0 Å². The Morgan fingerprint density at radius 2 is 1.41 bits per heavy atom. The Bertz CT molecular complexity index is 1580. The highest BCUT2D eigenvalue weighted by Crippen LogP contribution is 2.28. The fraction of sp³-hybridized carbons (Fsp3) is 0.0625. The van der Waals surface area contributed by atoms with Gasteiger partial charge in [0.15, 0.2) is 0 Å². The minimum absolute atomic E-state index is 0.147. The summed E-state index contributed by atoms with van der Waals surface area (Å²) in [5.74, 6) is -0.826. The molecule has 0 unspecified atom stereocenters. The van der Waals surface area contributed by atoms with E-state index in [0.29, 0.717) is 5.69 Å². The van der Waals surface area contributed by atoms with Crippen LogP contribution in [0.5, 0.6) is 0 Å². The van der Waals surface area contributed by atoms with Crippen LogP contribution in [0.25, 0.3) is 0 Å². The topological polar surface area (TPSA) is 244 Å². The minimum Gasteiger partial charge on any atom is -0.368 e. The molecule has 34 heavy (non-hydrogen) atoms. The van der Waals surface area contributed by atoms with Crippen LogP contribution in [0.15, 0.2) is 52.3 Å². The summed E-state index contributed by atoms with van der Waals surface area (Å²) in [6, 6.07) is 8.30. The normalized spacial score (nSPS) is 12.2. The number of hydrogen-bond acceptors (Lipinski definition) is 12. The summed E-state index contributed by atoms with van der Waals surface area (Å²) in [6.07, 6.45) is 0.982. The number of benzene rings is 2. The van der Waals surface area contributed by atoms with E-state index in [4.69, 9.17) is 5.73 Å². The van der Waals surface area contributed by atoms with Gasteiger partial charge in [0.25, 0.3) is 20.2 Å². The van der Waals surface area contributed by atoms with Crippen molar-refractivity contribution >= 4 is 65.2 Å². The molecule has 18 heteroatoms. The fourth-order valence-electron chi connectivity index (χ4n) is 2.62. The molecule has 0 spiro atoms. The standard InChI is InChI=1S/C16H17N7O8S3/c1-32(24,25)23-10-4-2-3-9(7-10)18-15-20-14(17)21-16(22-15)19-12-8-11(33(26,27)28)5-6-13(12)34(29,30)31/h2-8,23H,1H3,(H,26,27,28)(H,29,30,31)(H4,17,18,19,20,21,22). The Hall–Kier alpha value is -3.58. The summed E-state index contributed by atoms with van der Waals surface area (Å²) >= 11 is 0. The lowest BCUT2D eigenvalue weighted by atomic mass is 10.3. The second-order valence-electron chi connectivity index (χ2n) is 6.65. The SMILES string of the molecule is CS(=O)(=O)Nc1cccc(Nc2nc(N)nc(Nc3cc(S(=O)(=O)O)ccc3S(=O)(=O)O)n2)c1. The zero-order valence-corrected chi connectivity index (χ0v) is 19.5. The van der Waals surface area contributed by atoms with E-state index in [2.05, 4.69) is 30.3 Å². The lowest BCUT2D eigenvalue weighted by Crippen LogP contribution is -2.11. The number of anilines is 6. The summed E-state index contributed by atoms with van der Waals surface area (Å²) < 4.78 is 90.0. The molecular formula is C16H17N7O8S3. The monoisotopic (exact) mass is 531 g/mol. The Kier molecular flexibility index (Phi) is 6.62. The molecule has 0 radical (unpaired) electrons. The van der Waals surface area contributed by atoms with E-state index in [0.717, 1.165) is 24.5 Å². The number of hydrogen-bond donors (Lipinski definition) is 6. The Morgan fingerprint density at radius 1 is 0.794 bits per heavy atom. The van der Waals surface area contributed by atoms with E-state index in [1.807, 2.05) is 0 Å². The molecule has 0 aliphatic rings. The van der Waals surface area contributed by atoms with Gasteiger partial charge in [-0.3, -0.25) is 13.8 Å². The second-order valence-corrected chi connectivity index (χ2v) is 11.2. The maximum absolute atomic E-state index is 11.7. The average Bonchev–Trinajstić information content (AvgIpc) is 2.64. The van der Waals surface area contributed by atoms with Crippen LogP contribution < -0.4 is 21.1 Å². The quantitative estimate of drug-likeness (QED) is 0.220. The molecular weight excluding hydrogens is 514 g/mol. The van der Waals surface area contributed by atoms with Crippen LogP contribution in [0.4, 0.5) is 34.9 Å². The predicted octanol–water partition coefficient (Wildman–Crippen LogP) is 0.806. The van der Waals surface area contributed by atoms with Crippen LogP contribution in [0.2, 0.25) is 0 Å². The molecule has 1 heterocycles. The van der Waals surface area contributed by atoms with Gasteiger partial charge in [-0.15, -0.1) is 0 Å². The summed E-state index contributed by atoms with van der Waals surface area (Å²) in [6.45, 7) is 0. The maximum atomic E-state index is 11.7. The molecule has 3 aromatic rings. The van der Waals surface area contributed by atoms with Crippen molar-refractivity contribution in [3.63, 3.8) is 0 Å². The lowest BCUT2D eigenvalue weighted by molar-refractivity contribution is 0.479. The van der Waals surface area contributed by atoms with E-state index in [-0.39, 0.29) is 23.5 Å². The van der Waals surface area contributed by atoms with E-state index >= 15 is 0 Å². The fourth-order valence-corrected chi connectivity index (χ4v) is 4.31. The highest BCUT2D eigenvalue weighted by molar-refractivity contribution is 7.92. The summed E-state index contributed by atoms with van der Waals surface area (Å²) in [7, 11) is -13.1. The average molecular weight is 532 g/mol. The first kappa shape index (κ1) is 25.1. The summed E-state index contributed by atoms with van der Waals surface area (Å²) in [4.78, 5) is 10.2. The van der Waals surface area contributed by atoms with Gasteiger partial charge in [0.1, 0.15) is 4.90 Å². The highest BCUT2D eigenvalue weighted by atomic mass is 32.2. The van der Waals surface area contributed by atoms with Gasteiger partial charge < -0.3 is 16.4 Å². The minimum atomic E-state index is -4.82. The maximum Gasteiger partial charge on any atom is 0.296 e. The van der Waals surface area contributed by atoms with E-state index in [1.165, 1.54) is 12.1 Å². The molecule has 1 aromatic heterocycles. The van der Waals surface area contributed by atoms with Gasteiger partial charge in [-0.25, -0.2) is 8.42 Å². The van der Waals surface area contributed by atoms with Gasteiger partial charge in [-0.1, -0.05) is 6.07 Å². The van der Waals surface area contributed by atoms with E-state index < -0.39 is 45.7 Å². The van der Waals surface area contributed by atoms with Gasteiger partial charge in [-0.2, -0.15) is 31.8 Å². The number of rotatable bonds is 8. The first-order chi connectivity index (χ1) is 15.6. The van der Waals surface area contributed by atoms with Crippen molar-refractivity contribution in [2.45, 2.75) is 9.79 Å². The largest absolute Gasteiger partial charge is 0.368 e. The van der Waals surface area contributed by atoms with Crippen molar-refractivity contribution in [2.75, 3.05) is 27.3 Å². The van der Waals surface area contributed by atoms with Crippen LogP contribution >= 0.6 is 0 Å². The molecule has 0 aliphatic heterocycles. The number of aromatic nitrogens is 3. The molecule has 2 aromatic carbocycles. The molecule has 3 rings (SSSR count). The van der Waals surface area contributed by atoms with Crippen molar-refractivity contribution in [3.05, 3.63) is 42.5 Å². The van der Waals surface area contributed by atoms with E-state index in [1.54, 1.807) is 12.1 Å². The number of nitrogens with one attached hydrogen (secondary N) is 3. The van der Waals surface area contributed by atoms with Gasteiger partial charge in [0.2, 0.25) is 27.9 Å². The Labute approximate surface area is 194 Å². The van der Waals surface area contributed by atoms with Gasteiger partial charge in [0, 0.05) is 5.69 Å². The molecule has 0 bridgehead atoms. The number of nitrogens with two attached hydrogens (primary N) is 1. The van der Waals surface area contributed by atoms with Crippen molar-refractivity contribution < 1.29 is 34.4 Å². The second kappa shape index (κ2) is 8.99. The highest BCUT2D eigenvalue weighted by Gasteiger charge is 2.21. The zero-order chi connectivity index (χ0) is 25.3. The smallest absolute Gasteiger partial charge is 0.296 e. The molecule has 0 amide bonds. The molecule has 0 saturated heterocycles. The predicted molar refractivity (Wildman–Crippen MR) is 122 cm³/mol. The lowest BCUT2D eigenvalue weighted by Gasteiger charge is -2.12. The van der Waals surface area contributed by atoms with Crippen LogP contribution in [-0.2, 0) is 30.3 Å². The molecule has 182 valence electrons. The number of nitrogens with zero attached hydrogens (tertiary/aromatic N) is 3. The number of nitrogen functional groups attached to an aromatic ring is 1. The molecule has 0 aliphatic carbocycles. The number of sulfonamides is 1. The third-order valence-corrected chi connectivity index (χ3v) is 6.22. The molecule has 7 N–H and O–H groups in total. The van der Waals surface area contributed by atoms with E-state index in [9.17, 15) is 34.4 Å². The third kappa shape index (κ3) is 6.71.